The first-order chi connectivity index (χ1) is 5.29. The van der Waals surface area contributed by atoms with Gasteiger partial charge in [0.25, 0.3) is 0 Å². The van der Waals surface area contributed by atoms with E-state index in [0.717, 1.165) is 24.2 Å². The van der Waals surface area contributed by atoms with Crippen molar-refractivity contribution in [2.75, 3.05) is 0 Å². The Morgan fingerprint density at radius 3 is 2.91 bits per heavy atom. The molecule has 0 aliphatic carbocycles. The number of terminal acetylenes is 1. The minimum Gasteiger partial charge on any atom is -0.269 e. The van der Waals surface area contributed by atoms with Crippen LogP contribution in [-0.4, -0.2) is 9.78 Å². The van der Waals surface area contributed by atoms with Crippen molar-refractivity contribution in [1.29, 1.82) is 0 Å². The maximum absolute atomic E-state index is 5.26. The van der Waals surface area contributed by atoms with E-state index in [-0.39, 0.29) is 0 Å². The molecule has 11 heavy (non-hydrogen) atoms. The Kier molecular flexibility index (Phi) is 2.32. The smallest absolute Gasteiger partial charge is 0.0651 e. The molecule has 0 atom stereocenters. The van der Waals surface area contributed by atoms with Crippen LogP contribution in [-0.2, 0) is 6.54 Å². The highest BCUT2D eigenvalue weighted by molar-refractivity contribution is 5.33. The molecule has 0 spiro atoms. The van der Waals surface area contributed by atoms with Crippen molar-refractivity contribution >= 4 is 0 Å². The highest BCUT2D eigenvalue weighted by atomic mass is 15.3. The number of hydrogen-bond donors (Lipinski definition) is 0. The maximum atomic E-state index is 5.26. The van der Waals surface area contributed by atoms with Crippen molar-refractivity contribution < 1.29 is 0 Å². The van der Waals surface area contributed by atoms with E-state index in [1.165, 1.54) is 0 Å². The van der Waals surface area contributed by atoms with Crippen LogP contribution in [0.5, 0.6) is 0 Å². The Labute approximate surface area is 67.2 Å². The summed E-state index contributed by atoms with van der Waals surface area (Å²) in [6.07, 6.45) is 8.09. The third-order valence-corrected chi connectivity index (χ3v) is 1.69. The molecule has 0 amide bonds. The van der Waals surface area contributed by atoms with E-state index in [4.69, 9.17) is 6.42 Å². The van der Waals surface area contributed by atoms with E-state index < -0.39 is 0 Å². The number of aryl methyl sites for hydroxylation is 1. The van der Waals surface area contributed by atoms with Crippen LogP contribution in [0.25, 0.3) is 0 Å². The van der Waals surface area contributed by atoms with Crippen LogP contribution in [0, 0.1) is 19.3 Å². The molecule has 0 saturated heterocycles. The first kappa shape index (κ1) is 7.87. The monoisotopic (exact) mass is 148 g/mol. The van der Waals surface area contributed by atoms with Gasteiger partial charge in [0.15, 0.2) is 0 Å². The number of hydrogen-bond acceptors (Lipinski definition) is 1. The van der Waals surface area contributed by atoms with Crippen LogP contribution in [0.2, 0.25) is 0 Å². The topological polar surface area (TPSA) is 17.8 Å². The first-order valence-electron chi connectivity index (χ1n) is 3.78. The average Bonchev–Trinajstić information content (AvgIpc) is 2.34. The average molecular weight is 148 g/mol. The van der Waals surface area contributed by atoms with E-state index in [1.807, 2.05) is 11.6 Å². The largest absolute Gasteiger partial charge is 0.269 e. The minimum absolute atomic E-state index is 0.901. The number of aromatic nitrogens is 2. The zero-order valence-corrected chi connectivity index (χ0v) is 6.96. The molecule has 0 bridgehead atoms. The van der Waals surface area contributed by atoms with Gasteiger partial charge in [0.1, 0.15) is 0 Å². The van der Waals surface area contributed by atoms with E-state index in [0.29, 0.717) is 0 Å². The van der Waals surface area contributed by atoms with E-state index in [9.17, 15) is 0 Å². The Morgan fingerprint density at radius 2 is 2.45 bits per heavy atom. The highest BCUT2D eigenvalue weighted by Gasteiger charge is 2.01. The zero-order valence-electron chi connectivity index (χ0n) is 6.96. The van der Waals surface area contributed by atoms with Crippen LogP contribution < -0.4 is 0 Å². The summed E-state index contributed by atoms with van der Waals surface area (Å²) in [7, 11) is 0. The molecule has 58 valence electrons. The summed E-state index contributed by atoms with van der Waals surface area (Å²) >= 11 is 0. The van der Waals surface area contributed by atoms with Gasteiger partial charge in [0, 0.05) is 6.54 Å². The molecule has 2 heteroatoms. The van der Waals surface area contributed by atoms with Crippen molar-refractivity contribution in [3.8, 4) is 12.3 Å². The maximum Gasteiger partial charge on any atom is 0.0651 e. The second-order valence-corrected chi connectivity index (χ2v) is 2.51. The van der Waals surface area contributed by atoms with Gasteiger partial charge in [-0.2, -0.15) is 5.10 Å². The lowest BCUT2D eigenvalue weighted by Gasteiger charge is -1.99. The van der Waals surface area contributed by atoms with Crippen LogP contribution >= 0.6 is 0 Å². The van der Waals surface area contributed by atoms with Gasteiger partial charge in [-0.15, -0.1) is 6.42 Å². The van der Waals surface area contributed by atoms with E-state index in [1.54, 1.807) is 6.20 Å². The molecule has 0 fully saturated rings. The van der Waals surface area contributed by atoms with Gasteiger partial charge < -0.3 is 0 Å². The lowest BCUT2D eigenvalue weighted by molar-refractivity contribution is 0.587. The molecule has 1 aromatic rings. The molecule has 0 radical (unpaired) electrons. The second kappa shape index (κ2) is 3.25. The van der Waals surface area contributed by atoms with Crippen molar-refractivity contribution in [3.63, 3.8) is 0 Å². The van der Waals surface area contributed by atoms with Gasteiger partial charge in [0.05, 0.1) is 17.5 Å². The van der Waals surface area contributed by atoms with Gasteiger partial charge in [-0.25, -0.2) is 0 Å². The number of nitrogens with zero attached hydrogens (tertiary/aromatic N) is 2. The summed E-state index contributed by atoms with van der Waals surface area (Å²) < 4.78 is 1.94. The fourth-order valence-electron chi connectivity index (χ4n) is 1.03. The van der Waals surface area contributed by atoms with Gasteiger partial charge in [0.2, 0.25) is 0 Å². The molecule has 0 aliphatic heterocycles. The highest BCUT2D eigenvalue weighted by Crippen LogP contribution is 2.05. The molecule has 0 aromatic carbocycles. The van der Waals surface area contributed by atoms with Crippen molar-refractivity contribution in [2.24, 2.45) is 0 Å². The Balaban J connectivity index is 2.93. The van der Waals surface area contributed by atoms with Crippen LogP contribution in [0.15, 0.2) is 6.20 Å². The number of rotatable bonds is 2. The molecular weight excluding hydrogens is 136 g/mol. The second-order valence-electron chi connectivity index (χ2n) is 2.51. The summed E-state index contributed by atoms with van der Waals surface area (Å²) in [6, 6.07) is 0. The van der Waals surface area contributed by atoms with Gasteiger partial charge in [-0.05, 0) is 13.3 Å². The summed E-state index contributed by atoms with van der Waals surface area (Å²) in [5.41, 5.74) is 1.99. The SMILES string of the molecule is C#Cc1cnn(CCC)c1C. The quantitative estimate of drug-likeness (QED) is 0.582. The summed E-state index contributed by atoms with van der Waals surface area (Å²) in [6.45, 7) is 5.07. The van der Waals surface area contributed by atoms with E-state index in [2.05, 4.69) is 17.9 Å². The molecule has 0 unspecified atom stereocenters. The van der Waals surface area contributed by atoms with Gasteiger partial charge in [-0.1, -0.05) is 12.8 Å². The van der Waals surface area contributed by atoms with Crippen LogP contribution in [0.3, 0.4) is 0 Å². The predicted octanol–water partition coefficient (Wildman–Crippen LogP) is 1.58. The molecular formula is C9H12N2. The first-order valence-corrected chi connectivity index (χ1v) is 3.78. The molecule has 0 saturated carbocycles. The third-order valence-electron chi connectivity index (χ3n) is 1.69. The molecule has 0 N–H and O–H groups in total. The molecule has 1 aromatic heterocycles. The molecule has 2 nitrogen and oxygen atoms in total. The summed E-state index contributed by atoms with van der Waals surface area (Å²) in [5, 5.41) is 4.15. The lowest BCUT2D eigenvalue weighted by Crippen LogP contribution is -2.00. The van der Waals surface area contributed by atoms with Crippen molar-refractivity contribution in [3.05, 3.63) is 17.5 Å². The zero-order chi connectivity index (χ0) is 8.27. The predicted molar refractivity (Wildman–Crippen MR) is 45.2 cm³/mol. The Bertz CT molecular complexity index is 278. The Hall–Kier alpha value is -1.23. The Morgan fingerprint density at radius 1 is 1.73 bits per heavy atom. The standard InChI is InChI=1S/C9H12N2/c1-4-6-11-8(3)9(5-2)7-10-11/h2,7H,4,6H2,1,3H3. The minimum atomic E-state index is 0.901. The van der Waals surface area contributed by atoms with E-state index >= 15 is 0 Å². The fourth-order valence-corrected chi connectivity index (χ4v) is 1.03. The van der Waals surface area contributed by atoms with Crippen molar-refractivity contribution in [2.45, 2.75) is 26.8 Å². The van der Waals surface area contributed by atoms with Crippen LogP contribution in [0.4, 0.5) is 0 Å². The lowest BCUT2D eigenvalue weighted by atomic mass is 10.3. The molecule has 1 heterocycles. The normalized spacial score (nSPS) is 9.55. The van der Waals surface area contributed by atoms with Crippen LogP contribution in [0.1, 0.15) is 24.6 Å². The molecule has 0 aliphatic rings. The van der Waals surface area contributed by atoms with Gasteiger partial charge >= 0.3 is 0 Å². The summed E-state index contributed by atoms with van der Waals surface area (Å²) in [4.78, 5) is 0. The fraction of sp³-hybridized carbons (Fsp3) is 0.444. The van der Waals surface area contributed by atoms with Gasteiger partial charge in [-0.3, -0.25) is 4.68 Å². The van der Waals surface area contributed by atoms with Crippen molar-refractivity contribution in [1.82, 2.24) is 9.78 Å². The third kappa shape index (κ3) is 1.43. The molecule has 1 rings (SSSR count). The summed E-state index contributed by atoms with van der Waals surface area (Å²) in [5.74, 6) is 2.59.